The minimum atomic E-state index is -0.369. The van der Waals surface area contributed by atoms with E-state index in [2.05, 4.69) is 0 Å². The summed E-state index contributed by atoms with van der Waals surface area (Å²) in [5.74, 6) is 1.52. The minimum absolute atomic E-state index is 0.00456. The minimum Gasteiger partial charge on any atom is -0.459 e. The summed E-state index contributed by atoms with van der Waals surface area (Å²) >= 11 is 0. The zero-order chi connectivity index (χ0) is 17.2. The van der Waals surface area contributed by atoms with Crippen LogP contribution in [0, 0.1) is 11.8 Å². The van der Waals surface area contributed by atoms with Crippen LogP contribution in [0.5, 0.6) is 0 Å². The number of hydrogen-bond acceptors (Lipinski definition) is 4. The van der Waals surface area contributed by atoms with Gasteiger partial charge in [0.2, 0.25) is 6.29 Å². The lowest BCUT2D eigenvalue weighted by molar-refractivity contribution is -0.158. The SMILES string of the molecule is O=C(C1=C[C@@H](C2CCC2)C[C@@H](OCc2ccc(CO)cc2)O1)N1CC1. The summed E-state index contributed by atoms with van der Waals surface area (Å²) in [5.41, 5.74) is 1.92. The average molecular weight is 343 g/mol. The first kappa shape index (κ1) is 16.6. The number of nitrogens with zero attached hydrogens (tertiary/aromatic N) is 1. The third-order valence-corrected chi connectivity index (χ3v) is 5.43. The molecule has 3 aliphatic rings. The molecule has 5 nitrogen and oxygen atoms in total. The number of carbonyl (C=O) groups excluding carboxylic acids is 1. The Kier molecular flexibility index (Phi) is 4.77. The van der Waals surface area contributed by atoms with Crippen molar-refractivity contribution in [3.05, 3.63) is 47.2 Å². The summed E-state index contributed by atoms with van der Waals surface area (Å²) in [6.07, 6.45) is 6.25. The molecular formula is C20H25NO4. The molecule has 25 heavy (non-hydrogen) atoms. The number of ether oxygens (including phenoxy) is 2. The number of allylic oxidation sites excluding steroid dienone is 1. The van der Waals surface area contributed by atoms with Crippen molar-refractivity contribution in [1.29, 1.82) is 0 Å². The monoisotopic (exact) mass is 343 g/mol. The van der Waals surface area contributed by atoms with Crippen LogP contribution in [0.25, 0.3) is 0 Å². The number of benzene rings is 1. The molecule has 1 aromatic carbocycles. The molecule has 1 N–H and O–H groups in total. The number of hydrogen-bond donors (Lipinski definition) is 1. The van der Waals surface area contributed by atoms with Crippen molar-refractivity contribution in [2.75, 3.05) is 13.1 Å². The van der Waals surface area contributed by atoms with Crippen LogP contribution in [0.15, 0.2) is 36.1 Å². The normalized spacial score (nSPS) is 25.8. The van der Waals surface area contributed by atoms with E-state index in [1.54, 1.807) is 4.90 Å². The second kappa shape index (κ2) is 7.18. The summed E-state index contributed by atoms with van der Waals surface area (Å²) in [5, 5.41) is 9.11. The van der Waals surface area contributed by atoms with Gasteiger partial charge in [0.1, 0.15) is 0 Å². The van der Waals surface area contributed by atoms with Crippen LogP contribution in [0.1, 0.15) is 36.8 Å². The molecule has 1 saturated carbocycles. The highest BCUT2D eigenvalue weighted by molar-refractivity contribution is 5.93. The first-order valence-electron chi connectivity index (χ1n) is 9.21. The fourth-order valence-corrected chi connectivity index (χ4v) is 3.47. The van der Waals surface area contributed by atoms with Crippen molar-refractivity contribution >= 4 is 5.91 Å². The van der Waals surface area contributed by atoms with Crippen LogP contribution in [0.2, 0.25) is 0 Å². The van der Waals surface area contributed by atoms with Crippen LogP contribution < -0.4 is 0 Å². The molecule has 0 radical (unpaired) electrons. The lowest BCUT2D eigenvalue weighted by Crippen LogP contribution is -2.34. The van der Waals surface area contributed by atoms with Gasteiger partial charge in [-0.3, -0.25) is 4.79 Å². The van der Waals surface area contributed by atoms with Gasteiger partial charge >= 0.3 is 0 Å². The Labute approximate surface area is 148 Å². The third kappa shape index (κ3) is 3.88. The van der Waals surface area contributed by atoms with E-state index in [9.17, 15) is 4.79 Å². The van der Waals surface area contributed by atoms with Gasteiger partial charge in [0, 0.05) is 19.5 Å². The van der Waals surface area contributed by atoms with Crippen molar-refractivity contribution < 1.29 is 19.4 Å². The predicted molar refractivity (Wildman–Crippen MR) is 92.1 cm³/mol. The second-order valence-corrected chi connectivity index (χ2v) is 7.25. The molecule has 2 heterocycles. The van der Waals surface area contributed by atoms with Crippen LogP contribution in [-0.2, 0) is 27.5 Å². The average Bonchev–Trinajstić information content (AvgIpc) is 3.43. The maximum absolute atomic E-state index is 12.4. The van der Waals surface area contributed by atoms with Crippen LogP contribution in [0.4, 0.5) is 0 Å². The van der Waals surface area contributed by atoms with E-state index in [1.807, 2.05) is 30.3 Å². The summed E-state index contributed by atoms with van der Waals surface area (Å²) in [6, 6.07) is 7.70. The van der Waals surface area contributed by atoms with Gasteiger partial charge in [-0.15, -0.1) is 0 Å². The fraction of sp³-hybridized carbons (Fsp3) is 0.550. The van der Waals surface area contributed by atoms with Crippen molar-refractivity contribution in [2.45, 2.75) is 45.2 Å². The highest BCUT2D eigenvalue weighted by Gasteiger charge is 2.37. The van der Waals surface area contributed by atoms with Crippen molar-refractivity contribution in [1.82, 2.24) is 4.90 Å². The number of rotatable bonds is 6. The molecule has 0 spiro atoms. The van der Waals surface area contributed by atoms with Crippen LogP contribution >= 0.6 is 0 Å². The maximum Gasteiger partial charge on any atom is 0.288 e. The smallest absolute Gasteiger partial charge is 0.288 e. The molecule has 5 heteroatoms. The van der Waals surface area contributed by atoms with Gasteiger partial charge < -0.3 is 19.5 Å². The van der Waals surface area contributed by atoms with Gasteiger partial charge in [0.25, 0.3) is 5.91 Å². The Morgan fingerprint density at radius 2 is 1.92 bits per heavy atom. The Morgan fingerprint density at radius 3 is 2.52 bits per heavy atom. The van der Waals surface area contributed by atoms with Crippen molar-refractivity contribution in [3.8, 4) is 0 Å². The lowest BCUT2D eigenvalue weighted by atomic mass is 9.73. The maximum atomic E-state index is 12.4. The highest BCUT2D eigenvalue weighted by atomic mass is 16.7. The molecular weight excluding hydrogens is 318 g/mol. The first-order chi connectivity index (χ1) is 12.2. The number of carbonyl (C=O) groups is 1. The third-order valence-electron chi connectivity index (χ3n) is 5.43. The summed E-state index contributed by atoms with van der Waals surface area (Å²) in [7, 11) is 0. The molecule has 0 bridgehead atoms. The molecule has 134 valence electrons. The van der Waals surface area contributed by atoms with E-state index in [1.165, 1.54) is 19.3 Å². The van der Waals surface area contributed by atoms with Crippen molar-refractivity contribution in [3.63, 3.8) is 0 Å². The molecule has 2 fully saturated rings. The topological polar surface area (TPSA) is 58.8 Å². The predicted octanol–water partition coefficient (Wildman–Crippen LogP) is 2.58. The zero-order valence-electron chi connectivity index (χ0n) is 14.4. The van der Waals surface area contributed by atoms with E-state index in [0.717, 1.165) is 30.6 Å². The molecule has 1 amide bonds. The first-order valence-corrected chi connectivity index (χ1v) is 9.21. The molecule has 1 aliphatic carbocycles. The standard InChI is InChI=1S/C20H25NO4/c22-12-14-4-6-15(7-5-14)13-24-19-11-17(16-2-1-3-16)10-18(25-19)20(23)21-8-9-21/h4-7,10,16-17,19,22H,1-3,8-9,11-13H2/t17-,19+/m1/s1. The Balaban J connectivity index is 1.40. The molecule has 4 rings (SSSR count). The van der Waals surface area contributed by atoms with Gasteiger partial charge in [-0.1, -0.05) is 30.7 Å². The highest BCUT2D eigenvalue weighted by Crippen LogP contribution is 2.40. The summed E-state index contributed by atoms with van der Waals surface area (Å²) in [6.45, 7) is 2.15. The quantitative estimate of drug-likeness (QED) is 0.807. The Morgan fingerprint density at radius 1 is 1.20 bits per heavy atom. The summed E-state index contributed by atoms with van der Waals surface area (Å²) in [4.78, 5) is 14.2. The van der Waals surface area contributed by atoms with E-state index in [4.69, 9.17) is 14.6 Å². The van der Waals surface area contributed by atoms with Crippen LogP contribution in [-0.4, -0.2) is 35.3 Å². The van der Waals surface area contributed by atoms with E-state index in [-0.39, 0.29) is 18.8 Å². The summed E-state index contributed by atoms with van der Waals surface area (Å²) < 4.78 is 11.8. The van der Waals surface area contributed by atoms with E-state index in [0.29, 0.717) is 24.2 Å². The van der Waals surface area contributed by atoms with Crippen molar-refractivity contribution in [2.24, 2.45) is 11.8 Å². The lowest BCUT2D eigenvalue weighted by Gasteiger charge is -2.37. The molecule has 1 saturated heterocycles. The zero-order valence-corrected chi connectivity index (χ0v) is 14.4. The molecule has 2 atom stereocenters. The largest absolute Gasteiger partial charge is 0.459 e. The fourth-order valence-electron chi connectivity index (χ4n) is 3.47. The molecule has 1 aromatic rings. The van der Waals surface area contributed by atoms with Gasteiger partial charge in [0.15, 0.2) is 5.76 Å². The van der Waals surface area contributed by atoms with Gasteiger partial charge in [0.05, 0.1) is 13.2 Å². The number of amides is 1. The number of aliphatic hydroxyl groups is 1. The van der Waals surface area contributed by atoms with Gasteiger partial charge in [-0.25, -0.2) is 0 Å². The van der Waals surface area contributed by atoms with E-state index >= 15 is 0 Å². The second-order valence-electron chi connectivity index (χ2n) is 7.25. The number of aliphatic hydroxyl groups excluding tert-OH is 1. The molecule has 0 unspecified atom stereocenters. The molecule has 2 aliphatic heterocycles. The van der Waals surface area contributed by atoms with Gasteiger partial charge in [-0.05, 0) is 41.9 Å². The van der Waals surface area contributed by atoms with E-state index < -0.39 is 0 Å². The Hall–Kier alpha value is -1.85. The van der Waals surface area contributed by atoms with Gasteiger partial charge in [-0.2, -0.15) is 0 Å². The van der Waals surface area contributed by atoms with Crippen LogP contribution in [0.3, 0.4) is 0 Å². The molecule has 0 aromatic heterocycles. The Bertz CT molecular complexity index is 646.